The van der Waals surface area contributed by atoms with Crippen LogP contribution in [-0.2, 0) is 25.1 Å². The van der Waals surface area contributed by atoms with E-state index in [9.17, 15) is 13.0 Å². The standard InChI is InChI=1S/C7H9O6PS/c8-14(9,13-15(10,11)12)6-7-4-2-1-3-5-7/h1-5H,6H2,(H,8,9)(H,10,11,12). The van der Waals surface area contributed by atoms with Gasteiger partial charge in [-0.2, -0.15) is 12.4 Å². The van der Waals surface area contributed by atoms with Crippen LogP contribution >= 0.6 is 7.60 Å². The Morgan fingerprint density at radius 1 is 1.27 bits per heavy atom. The maximum atomic E-state index is 11.2. The summed E-state index contributed by atoms with van der Waals surface area (Å²) in [5, 5.41) is 0. The van der Waals surface area contributed by atoms with Crippen molar-refractivity contribution in [2.24, 2.45) is 0 Å². The molecule has 1 rings (SSSR count). The lowest BCUT2D eigenvalue weighted by Gasteiger charge is -2.08. The van der Waals surface area contributed by atoms with Crippen LogP contribution < -0.4 is 0 Å². The highest BCUT2D eigenvalue weighted by Crippen LogP contribution is 2.46. The van der Waals surface area contributed by atoms with Crippen molar-refractivity contribution in [3.63, 3.8) is 0 Å². The van der Waals surface area contributed by atoms with Crippen LogP contribution in [0.25, 0.3) is 0 Å². The summed E-state index contributed by atoms with van der Waals surface area (Å²) in [6, 6.07) is 8.04. The predicted molar refractivity (Wildman–Crippen MR) is 52.6 cm³/mol. The van der Waals surface area contributed by atoms with Crippen LogP contribution in [0.4, 0.5) is 0 Å². The van der Waals surface area contributed by atoms with Gasteiger partial charge in [-0.25, -0.2) is 0 Å². The third-order valence-corrected chi connectivity index (χ3v) is 3.89. The van der Waals surface area contributed by atoms with Gasteiger partial charge < -0.3 is 4.89 Å². The van der Waals surface area contributed by atoms with Gasteiger partial charge in [0.1, 0.15) is 0 Å². The summed E-state index contributed by atoms with van der Waals surface area (Å²) in [6.07, 6.45) is -0.479. The third kappa shape index (κ3) is 5.06. The number of hydrogen-bond donors (Lipinski definition) is 2. The van der Waals surface area contributed by atoms with E-state index in [1.165, 1.54) is 12.1 Å². The molecule has 0 aliphatic heterocycles. The topological polar surface area (TPSA) is 101 Å². The van der Waals surface area contributed by atoms with Crippen molar-refractivity contribution >= 4 is 18.0 Å². The SMILES string of the molecule is O=P(O)(Cc1ccccc1)OS(=O)(=O)O. The minimum absolute atomic E-state index is 0.437. The molecule has 0 spiro atoms. The Morgan fingerprint density at radius 3 is 2.27 bits per heavy atom. The fourth-order valence-electron chi connectivity index (χ4n) is 0.988. The van der Waals surface area contributed by atoms with Crippen LogP contribution in [0.15, 0.2) is 30.3 Å². The summed E-state index contributed by atoms with van der Waals surface area (Å²) in [5.74, 6) is 0. The zero-order chi connectivity index (χ0) is 11.5. The summed E-state index contributed by atoms with van der Waals surface area (Å²) >= 11 is 0. The van der Waals surface area contributed by atoms with Crippen LogP contribution in [-0.4, -0.2) is 17.9 Å². The average Bonchev–Trinajstić information content (AvgIpc) is 1.99. The first-order valence-corrected chi connectivity index (χ1v) is 6.96. The van der Waals surface area contributed by atoms with Crippen LogP contribution in [0.2, 0.25) is 0 Å². The van der Waals surface area contributed by atoms with Gasteiger partial charge in [0.15, 0.2) is 0 Å². The van der Waals surface area contributed by atoms with Crippen molar-refractivity contribution in [3.05, 3.63) is 35.9 Å². The molecule has 1 unspecified atom stereocenters. The van der Waals surface area contributed by atoms with Gasteiger partial charge in [-0.1, -0.05) is 30.3 Å². The first-order chi connectivity index (χ1) is 6.79. The van der Waals surface area contributed by atoms with Crippen LogP contribution in [0.5, 0.6) is 0 Å². The molecule has 0 radical (unpaired) electrons. The molecule has 0 aliphatic rings. The van der Waals surface area contributed by atoms with Gasteiger partial charge in [0.25, 0.3) is 0 Å². The first-order valence-electron chi connectivity index (χ1n) is 3.83. The molecule has 15 heavy (non-hydrogen) atoms. The van der Waals surface area contributed by atoms with E-state index in [2.05, 4.69) is 3.97 Å². The molecule has 0 saturated heterocycles. The highest BCUT2D eigenvalue weighted by molar-refractivity contribution is 7.86. The molecule has 1 aromatic rings. The molecule has 6 nitrogen and oxygen atoms in total. The first kappa shape index (κ1) is 12.4. The zero-order valence-corrected chi connectivity index (χ0v) is 9.19. The van der Waals surface area contributed by atoms with Crippen molar-refractivity contribution in [2.45, 2.75) is 6.16 Å². The molecule has 2 N–H and O–H groups in total. The van der Waals surface area contributed by atoms with Gasteiger partial charge in [-0.15, -0.1) is 0 Å². The fraction of sp³-hybridized carbons (Fsp3) is 0.143. The smallest absolute Gasteiger partial charge is 0.323 e. The van der Waals surface area contributed by atoms with Crippen molar-refractivity contribution < 1.29 is 26.4 Å². The molecule has 0 aromatic heterocycles. The Bertz CT molecular complexity index is 468. The molecule has 0 amide bonds. The van der Waals surface area contributed by atoms with Gasteiger partial charge in [-0.05, 0) is 5.56 Å². The van der Waals surface area contributed by atoms with E-state index in [0.29, 0.717) is 5.56 Å². The molecular formula is C7H9O6PS. The normalized spacial score (nSPS) is 15.9. The Labute approximate surface area is 87.0 Å². The predicted octanol–water partition coefficient (Wildman–Crippen LogP) is 1.19. The molecule has 0 fully saturated rings. The summed E-state index contributed by atoms with van der Waals surface area (Å²) < 4.78 is 43.6. The van der Waals surface area contributed by atoms with E-state index in [4.69, 9.17) is 9.45 Å². The molecule has 84 valence electrons. The summed E-state index contributed by atoms with van der Waals surface area (Å²) in [5.41, 5.74) is 0.437. The zero-order valence-electron chi connectivity index (χ0n) is 7.48. The largest absolute Gasteiger partial charge is 0.404 e. The highest BCUT2D eigenvalue weighted by atomic mass is 32.3. The second-order valence-electron chi connectivity index (χ2n) is 2.78. The molecule has 0 bridgehead atoms. The summed E-state index contributed by atoms with van der Waals surface area (Å²) in [7, 11) is -9.29. The van der Waals surface area contributed by atoms with E-state index in [1.807, 2.05) is 0 Å². The van der Waals surface area contributed by atoms with Gasteiger partial charge in [-0.3, -0.25) is 9.12 Å². The Hall–Kier alpha value is -0.720. The van der Waals surface area contributed by atoms with Crippen molar-refractivity contribution in [1.82, 2.24) is 0 Å². The van der Waals surface area contributed by atoms with Crippen molar-refractivity contribution in [2.75, 3.05) is 0 Å². The van der Waals surface area contributed by atoms with Crippen molar-refractivity contribution in [1.29, 1.82) is 0 Å². The Kier molecular flexibility index (Phi) is 3.64. The lowest BCUT2D eigenvalue weighted by atomic mass is 10.2. The maximum Gasteiger partial charge on any atom is 0.404 e. The Balaban J connectivity index is 2.78. The average molecular weight is 252 g/mol. The number of benzene rings is 1. The van der Waals surface area contributed by atoms with Crippen LogP contribution in [0, 0.1) is 0 Å². The lowest BCUT2D eigenvalue weighted by molar-refractivity contribution is 0.337. The minimum Gasteiger partial charge on any atom is -0.323 e. The third-order valence-electron chi connectivity index (χ3n) is 1.44. The van der Waals surface area contributed by atoms with Gasteiger partial charge in [0, 0.05) is 0 Å². The maximum absolute atomic E-state index is 11.2. The lowest BCUT2D eigenvalue weighted by Crippen LogP contribution is -2.03. The second-order valence-corrected chi connectivity index (χ2v) is 5.83. The minimum atomic E-state index is -4.92. The van der Waals surface area contributed by atoms with Gasteiger partial charge >= 0.3 is 18.0 Å². The molecule has 1 aromatic carbocycles. The van der Waals surface area contributed by atoms with Gasteiger partial charge in [0.05, 0.1) is 6.16 Å². The molecular weight excluding hydrogens is 243 g/mol. The van der Waals surface area contributed by atoms with Gasteiger partial charge in [0.2, 0.25) is 0 Å². The van der Waals surface area contributed by atoms with E-state index < -0.39 is 24.2 Å². The van der Waals surface area contributed by atoms with E-state index >= 15 is 0 Å². The molecule has 0 saturated carbocycles. The summed E-state index contributed by atoms with van der Waals surface area (Å²) in [6.45, 7) is 0. The summed E-state index contributed by atoms with van der Waals surface area (Å²) in [4.78, 5) is 9.10. The Morgan fingerprint density at radius 2 is 1.80 bits per heavy atom. The quantitative estimate of drug-likeness (QED) is 0.616. The fourth-order valence-corrected chi connectivity index (χ4v) is 3.05. The number of rotatable bonds is 4. The monoisotopic (exact) mass is 252 g/mol. The molecule has 1 atom stereocenters. The van der Waals surface area contributed by atoms with Crippen LogP contribution in [0.3, 0.4) is 0 Å². The van der Waals surface area contributed by atoms with E-state index in [-0.39, 0.29) is 0 Å². The molecule has 0 heterocycles. The van der Waals surface area contributed by atoms with E-state index in [1.54, 1.807) is 18.2 Å². The van der Waals surface area contributed by atoms with Crippen LogP contribution in [0.1, 0.15) is 5.56 Å². The molecule has 0 aliphatic carbocycles. The van der Waals surface area contributed by atoms with E-state index in [0.717, 1.165) is 0 Å². The second kappa shape index (κ2) is 4.42. The van der Waals surface area contributed by atoms with Crippen molar-refractivity contribution in [3.8, 4) is 0 Å². The molecule has 8 heteroatoms. The number of hydrogen-bond acceptors (Lipinski definition) is 4. The highest BCUT2D eigenvalue weighted by Gasteiger charge is 2.26.